The number of hydrogen-bond donors (Lipinski definition) is 2. The van der Waals surface area contributed by atoms with Crippen LogP contribution in [0.4, 0.5) is 0 Å². The van der Waals surface area contributed by atoms with Gasteiger partial charge in [0, 0.05) is 17.0 Å². The molecule has 0 aliphatic heterocycles. The van der Waals surface area contributed by atoms with E-state index in [4.69, 9.17) is 0 Å². The summed E-state index contributed by atoms with van der Waals surface area (Å²) in [6.45, 7) is -0.197. The first-order valence-electron chi connectivity index (χ1n) is 9.14. The molecule has 1 saturated carbocycles. The number of nitrogens with zero attached hydrogens (tertiary/aromatic N) is 2. The van der Waals surface area contributed by atoms with Crippen LogP contribution in [0.25, 0.3) is 21.6 Å². The van der Waals surface area contributed by atoms with Crippen LogP contribution in [0.2, 0.25) is 0 Å². The fourth-order valence-electron chi connectivity index (χ4n) is 3.62. The highest BCUT2D eigenvalue weighted by atomic mass is 32.1. The Kier molecular flexibility index (Phi) is 4.95. The van der Waals surface area contributed by atoms with E-state index in [9.17, 15) is 19.5 Å². The number of hydrogen-bond acceptors (Lipinski definition) is 5. The summed E-state index contributed by atoms with van der Waals surface area (Å²) in [4.78, 5) is 42.1. The Bertz CT molecular complexity index is 1100. The number of aromatic nitrogens is 2. The van der Waals surface area contributed by atoms with Crippen LogP contribution in [-0.4, -0.2) is 32.6 Å². The van der Waals surface area contributed by atoms with Crippen molar-refractivity contribution in [1.82, 2.24) is 14.9 Å². The van der Waals surface area contributed by atoms with E-state index >= 15 is 0 Å². The molecule has 3 aromatic rings. The molecule has 4 rings (SSSR count). The van der Waals surface area contributed by atoms with Crippen LogP contribution in [0.3, 0.4) is 0 Å². The molecule has 0 radical (unpaired) electrons. The quantitative estimate of drug-likeness (QED) is 0.689. The summed E-state index contributed by atoms with van der Waals surface area (Å²) in [6, 6.07) is 9.26. The Labute approximate surface area is 164 Å². The van der Waals surface area contributed by atoms with Gasteiger partial charge in [-0.15, -0.1) is 11.3 Å². The number of carboxylic acid groups (broad SMARTS) is 1. The van der Waals surface area contributed by atoms with Gasteiger partial charge in [0.2, 0.25) is 5.91 Å². The minimum absolute atomic E-state index is 0.0471. The molecule has 1 aromatic carbocycles. The largest absolute Gasteiger partial charge is 0.478 e. The third-order valence-corrected chi connectivity index (χ3v) is 5.85. The number of fused-ring (bicyclic) bond motifs is 1. The van der Waals surface area contributed by atoms with E-state index in [0.717, 1.165) is 37.0 Å². The second kappa shape index (κ2) is 7.55. The maximum Gasteiger partial charge on any atom is 0.337 e. The van der Waals surface area contributed by atoms with Crippen molar-refractivity contribution in [3.63, 3.8) is 0 Å². The Hall–Kier alpha value is -3.00. The van der Waals surface area contributed by atoms with Crippen LogP contribution in [0.1, 0.15) is 36.0 Å². The average molecular weight is 397 g/mol. The first-order valence-corrected chi connectivity index (χ1v) is 10.0. The number of thiophene rings is 1. The molecule has 7 nitrogen and oxygen atoms in total. The topological polar surface area (TPSA) is 101 Å². The molecule has 144 valence electrons. The van der Waals surface area contributed by atoms with Gasteiger partial charge < -0.3 is 10.4 Å². The highest BCUT2D eigenvalue weighted by Crippen LogP contribution is 2.25. The summed E-state index contributed by atoms with van der Waals surface area (Å²) in [6.07, 6.45) is 4.06. The predicted molar refractivity (Wildman–Crippen MR) is 107 cm³/mol. The van der Waals surface area contributed by atoms with Crippen LogP contribution in [0, 0.1) is 0 Å². The molecule has 8 heteroatoms. The van der Waals surface area contributed by atoms with Crippen molar-refractivity contribution in [2.75, 3.05) is 0 Å². The maximum absolute atomic E-state index is 13.2. The first-order chi connectivity index (χ1) is 13.5. The van der Waals surface area contributed by atoms with Crippen molar-refractivity contribution in [3.8, 4) is 11.4 Å². The van der Waals surface area contributed by atoms with Crippen LogP contribution >= 0.6 is 11.3 Å². The van der Waals surface area contributed by atoms with Gasteiger partial charge in [-0.3, -0.25) is 14.2 Å². The van der Waals surface area contributed by atoms with E-state index in [0.29, 0.717) is 16.2 Å². The van der Waals surface area contributed by atoms with Gasteiger partial charge in [0.25, 0.3) is 5.56 Å². The average Bonchev–Trinajstić information content (AvgIpc) is 3.34. The number of aromatic carboxylic acids is 1. The third kappa shape index (κ3) is 3.43. The van der Waals surface area contributed by atoms with E-state index in [1.807, 2.05) is 30.3 Å². The maximum atomic E-state index is 13.2. The van der Waals surface area contributed by atoms with E-state index in [1.165, 1.54) is 9.95 Å². The standard InChI is InChI=1S/C20H19N3O4S/c24-15(21-13-8-4-5-9-13)10-23-17(12-6-2-1-3-7-12)22-18-16(19(23)25)14(11-28-18)20(26)27/h1-3,6-7,11,13H,4-5,8-10H2,(H,21,24)(H,26,27). The zero-order valence-corrected chi connectivity index (χ0v) is 15.9. The van der Waals surface area contributed by atoms with E-state index in [-0.39, 0.29) is 29.4 Å². The van der Waals surface area contributed by atoms with Gasteiger partial charge in [0.05, 0.1) is 10.9 Å². The number of carboxylic acids is 1. The van der Waals surface area contributed by atoms with Crippen LogP contribution in [0.5, 0.6) is 0 Å². The number of carbonyl (C=O) groups excluding carboxylic acids is 1. The van der Waals surface area contributed by atoms with Crippen molar-refractivity contribution in [2.45, 2.75) is 38.3 Å². The normalized spacial score (nSPS) is 14.4. The second-order valence-corrected chi connectivity index (χ2v) is 7.73. The predicted octanol–water partition coefficient (Wildman–Crippen LogP) is 2.88. The molecular weight excluding hydrogens is 378 g/mol. The lowest BCUT2D eigenvalue weighted by Gasteiger charge is -2.15. The fourth-order valence-corrected chi connectivity index (χ4v) is 4.53. The molecule has 2 heterocycles. The van der Waals surface area contributed by atoms with Gasteiger partial charge in [-0.1, -0.05) is 43.2 Å². The Balaban J connectivity index is 1.82. The second-order valence-electron chi connectivity index (χ2n) is 6.88. The highest BCUT2D eigenvalue weighted by molar-refractivity contribution is 7.17. The monoisotopic (exact) mass is 397 g/mol. The molecular formula is C20H19N3O4S. The lowest BCUT2D eigenvalue weighted by molar-refractivity contribution is -0.122. The van der Waals surface area contributed by atoms with Crippen molar-refractivity contribution < 1.29 is 14.7 Å². The molecule has 0 saturated heterocycles. The van der Waals surface area contributed by atoms with Crippen LogP contribution in [-0.2, 0) is 11.3 Å². The fraction of sp³-hybridized carbons (Fsp3) is 0.300. The Morgan fingerprint density at radius 2 is 1.93 bits per heavy atom. The minimum Gasteiger partial charge on any atom is -0.478 e. The summed E-state index contributed by atoms with van der Waals surface area (Å²) in [5.74, 6) is -1.09. The number of carbonyl (C=O) groups is 2. The summed E-state index contributed by atoms with van der Waals surface area (Å²) in [5.41, 5.74) is 0.103. The lowest BCUT2D eigenvalue weighted by Crippen LogP contribution is -2.38. The molecule has 2 N–H and O–H groups in total. The van der Waals surface area contributed by atoms with Crippen LogP contribution in [0.15, 0.2) is 40.5 Å². The van der Waals surface area contributed by atoms with Gasteiger partial charge in [-0.2, -0.15) is 0 Å². The van der Waals surface area contributed by atoms with Gasteiger partial charge in [-0.05, 0) is 12.8 Å². The number of benzene rings is 1. The Morgan fingerprint density at radius 1 is 1.21 bits per heavy atom. The molecule has 0 atom stereocenters. The zero-order chi connectivity index (χ0) is 19.7. The highest BCUT2D eigenvalue weighted by Gasteiger charge is 2.23. The lowest BCUT2D eigenvalue weighted by atomic mass is 10.2. The van der Waals surface area contributed by atoms with Gasteiger partial charge in [-0.25, -0.2) is 9.78 Å². The van der Waals surface area contributed by atoms with Crippen LogP contribution < -0.4 is 10.9 Å². The molecule has 1 fully saturated rings. The summed E-state index contributed by atoms with van der Waals surface area (Å²) >= 11 is 1.11. The van der Waals surface area contributed by atoms with Gasteiger partial charge >= 0.3 is 5.97 Å². The van der Waals surface area contributed by atoms with E-state index in [2.05, 4.69) is 10.3 Å². The minimum atomic E-state index is -1.18. The number of rotatable bonds is 5. The first kappa shape index (κ1) is 18.4. The summed E-state index contributed by atoms with van der Waals surface area (Å²) in [5, 5.41) is 13.8. The summed E-state index contributed by atoms with van der Waals surface area (Å²) in [7, 11) is 0. The molecule has 28 heavy (non-hydrogen) atoms. The number of nitrogens with one attached hydrogen (secondary N) is 1. The van der Waals surface area contributed by atoms with Crippen molar-refractivity contribution >= 4 is 33.4 Å². The molecule has 1 aliphatic rings. The molecule has 1 aliphatic carbocycles. The van der Waals surface area contributed by atoms with Crippen molar-refractivity contribution in [3.05, 3.63) is 51.6 Å². The smallest absolute Gasteiger partial charge is 0.337 e. The molecule has 2 aromatic heterocycles. The van der Waals surface area contributed by atoms with Crippen molar-refractivity contribution in [1.29, 1.82) is 0 Å². The molecule has 0 spiro atoms. The SMILES string of the molecule is O=C(Cn1c(-c2ccccc2)nc2scc(C(=O)O)c2c1=O)NC1CCCC1. The Morgan fingerprint density at radius 3 is 2.61 bits per heavy atom. The summed E-state index contributed by atoms with van der Waals surface area (Å²) < 4.78 is 1.28. The molecule has 1 amide bonds. The van der Waals surface area contributed by atoms with Gasteiger partial charge in [0.1, 0.15) is 17.2 Å². The van der Waals surface area contributed by atoms with E-state index in [1.54, 1.807) is 0 Å². The third-order valence-electron chi connectivity index (χ3n) is 4.98. The van der Waals surface area contributed by atoms with Crippen molar-refractivity contribution in [2.24, 2.45) is 0 Å². The molecule has 0 unspecified atom stereocenters. The molecule has 0 bridgehead atoms. The van der Waals surface area contributed by atoms with E-state index < -0.39 is 11.5 Å². The van der Waals surface area contributed by atoms with Gasteiger partial charge in [0.15, 0.2) is 0 Å². The number of amides is 1. The zero-order valence-electron chi connectivity index (χ0n) is 15.1.